The predicted octanol–water partition coefficient (Wildman–Crippen LogP) is 1.66. The average Bonchev–Trinajstić information content (AvgIpc) is 3.25. The highest BCUT2D eigenvalue weighted by Crippen LogP contribution is 2.19. The maximum atomic E-state index is 12.5. The topological polar surface area (TPSA) is 93.4 Å². The number of carbonyl (C=O) groups is 1. The molecule has 2 aromatic rings. The normalized spacial score (nSPS) is 16.3. The first-order valence-corrected chi connectivity index (χ1v) is 9.57. The van der Waals surface area contributed by atoms with Gasteiger partial charge < -0.3 is 9.42 Å². The minimum Gasteiger partial charge on any atom is -0.342 e. The molecule has 128 valence electrons. The number of carbonyl (C=O) groups excluding carboxylic acids is 1. The molecule has 1 aromatic heterocycles. The molecular formula is C16H19N3O4S. The minimum absolute atomic E-state index is 0.00470. The Morgan fingerprint density at radius 3 is 2.58 bits per heavy atom. The Balaban J connectivity index is 1.72. The van der Waals surface area contributed by atoms with Crippen LogP contribution in [0.4, 0.5) is 0 Å². The van der Waals surface area contributed by atoms with Crippen LogP contribution in [0.2, 0.25) is 0 Å². The molecule has 8 heteroatoms. The van der Waals surface area contributed by atoms with Gasteiger partial charge in [-0.05, 0) is 19.8 Å². The molecule has 0 spiro atoms. The van der Waals surface area contributed by atoms with E-state index in [9.17, 15) is 13.2 Å². The fourth-order valence-corrected chi connectivity index (χ4v) is 3.83. The molecule has 1 aliphatic rings. The highest BCUT2D eigenvalue weighted by molar-refractivity contribution is 7.92. The van der Waals surface area contributed by atoms with E-state index in [1.165, 1.54) is 6.92 Å². The summed E-state index contributed by atoms with van der Waals surface area (Å²) in [6.45, 7) is 2.67. The first-order chi connectivity index (χ1) is 11.5. The van der Waals surface area contributed by atoms with Gasteiger partial charge in [-0.15, -0.1) is 0 Å². The smallest absolute Gasteiger partial charge is 0.242 e. The zero-order valence-corrected chi connectivity index (χ0v) is 14.2. The van der Waals surface area contributed by atoms with Crippen LogP contribution in [0.5, 0.6) is 0 Å². The van der Waals surface area contributed by atoms with Crippen LogP contribution in [0.15, 0.2) is 34.9 Å². The first kappa shape index (κ1) is 16.6. The number of hydrogen-bond donors (Lipinski definition) is 0. The Morgan fingerprint density at radius 1 is 1.25 bits per heavy atom. The summed E-state index contributed by atoms with van der Waals surface area (Å²) in [4.78, 5) is 18.0. The molecule has 1 amide bonds. The van der Waals surface area contributed by atoms with Gasteiger partial charge in [0.05, 0.1) is 0 Å². The van der Waals surface area contributed by atoms with E-state index >= 15 is 0 Å². The number of likely N-dealkylation sites (tertiary alicyclic amines) is 1. The van der Waals surface area contributed by atoms with Crippen LogP contribution in [0, 0.1) is 0 Å². The number of aromatic nitrogens is 2. The van der Waals surface area contributed by atoms with Crippen LogP contribution in [0.3, 0.4) is 0 Å². The van der Waals surface area contributed by atoms with Crippen LogP contribution >= 0.6 is 0 Å². The van der Waals surface area contributed by atoms with Crippen molar-refractivity contribution < 1.29 is 17.7 Å². The molecule has 0 N–H and O–H groups in total. The summed E-state index contributed by atoms with van der Waals surface area (Å²) in [5.41, 5.74) is 0.742. The van der Waals surface area contributed by atoms with E-state index < -0.39 is 20.8 Å². The number of hydrogen-bond acceptors (Lipinski definition) is 6. The zero-order chi connectivity index (χ0) is 17.2. The maximum Gasteiger partial charge on any atom is 0.242 e. The summed E-state index contributed by atoms with van der Waals surface area (Å²) in [5.74, 6) is -0.460. The van der Waals surface area contributed by atoms with Crippen LogP contribution < -0.4 is 0 Å². The molecule has 1 unspecified atom stereocenters. The second kappa shape index (κ2) is 6.72. The van der Waals surface area contributed by atoms with Crippen molar-refractivity contribution in [1.82, 2.24) is 15.0 Å². The van der Waals surface area contributed by atoms with E-state index in [-0.39, 0.29) is 11.8 Å². The van der Waals surface area contributed by atoms with Gasteiger partial charge in [0.15, 0.2) is 9.84 Å². The molecule has 0 aliphatic carbocycles. The second-order valence-corrected chi connectivity index (χ2v) is 8.18. The van der Waals surface area contributed by atoms with Gasteiger partial charge in [0.1, 0.15) is 11.0 Å². The van der Waals surface area contributed by atoms with E-state index in [0.717, 1.165) is 18.4 Å². The Morgan fingerprint density at radius 2 is 1.92 bits per heavy atom. The van der Waals surface area contributed by atoms with E-state index in [0.29, 0.717) is 18.9 Å². The Hall–Kier alpha value is -2.22. The number of amides is 1. The third-order valence-electron chi connectivity index (χ3n) is 4.13. The van der Waals surface area contributed by atoms with Crippen LogP contribution in [-0.2, 0) is 20.4 Å². The van der Waals surface area contributed by atoms with Gasteiger partial charge in [-0.1, -0.05) is 35.5 Å². The lowest BCUT2D eigenvalue weighted by Gasteiger charge is -2.19. The van der Waals surface area contributed by atoms with Crippen LogP contribution in [-0.4, -0.2) is 47.7 Å². The van der Waals surface area contributed by atoms with Crippen molar-refractivity contribution >= 4 is 15.7 Å². The van der Waals surface area contributed by atoms with E-state index in [2.05, 4.69) is 10.1 Å². The molecule has 3 rings (SSSR count). The number of rotatable bonds is 5. The molecule has 0 bridgehead atoms. The summed E-state index contributed by atoms with van der Waals surface area (Å²) < 4.78 is 30.0. The summed E-state index contributed by atoms with van der Waals surface area (Å²) >= 11 is 0. The molecule has 1 aliphatic heterocycles. The van der Waals surface area contributed by atoms with E-state index in [4.69, 9.17) is 4.52 Å². The molecular weight excluding hydrogens is 330 g/mol. The van der Waals surface area contributed by atoms with Crippen molar-refractivity contribution in [2.75, 3.05) is 13.1 Å². The number of sulfone groups is 1. The summed E-state index contributed by atoms with van der Waals surface area (Å²) in [6.07, 6.45) is 1.84. The van der Waals surface area contributed by atoms with Gasteiger partial charge in [0.25, 0.3) is 0 Å². The molecule has 7 nitrogen and oxygen atoms in total. The molecule has 1 aromatic carbocycles. The molecule has 24 heavy (non-hydrogen) atoms. The van der Waals surface area contributed by atoms with E-state index in [1.54, 1.807) is 4.90 Å². The maximum absolute atomic E-state index is 12.5. The Labute approximate surface area is 140 Å². The van der Waals surface area contributed by atoms with Crippen molar-refractivity contribution in [2.24, 2.45) is 0 Å². The Bertz CT molecular complexity index is 811. The summed E-state index contributed by atoms with van der Waals surface area (Å²) in [5, 5.41) is 2.70. The van der Waals surface area contributed by atoms with Gasteiger partial charge in [-0.2, -0.15) is 4.98 Å². The largest absolute Gasteiger partial charge is 0.342 e. The van der Waals surface area contributed by atoms with Crippen LogP contribution in [0.1, 0.15) is 25.7 Å². The van der Waals surface area contributed by atoms with Crippen molar-refractivity contribution in [3.63, 3.8) is 0 Å². The number of nitrogens with zero attached hydrogens (tertiary/aromatic N) is 3. The molecule has 0 radical (unpaired) electrons. The summed E-state index contributed by atoms with van der Waals surface area (Å²) in [7, 11) is -3.71. The first-order valence-electron chi connectivity index (χ1n) is 7.86. The molecule has 1 atom stereocenters. The van der Waals surface area contributed by atoms with Crippen molar-refractivity contribution in [2.45, 2.75) is 30.8 Å². The third-order valence-corrected chi connectivity index (χ3v) is 6.06. The van der Waals surface area contributed by atoms with Crippen molar-refractivity contribution in [1.29, 1.82) is 0 Å². The lowest BCUT2D eigenvalue weighted by molar-refractivity contribution is -0.129. The Kier molecular flexibility index (Phi) is 4.66. The second-order valence-electron chi connectivity index (χ2n) is 5.86. The standard InChI is InChI=1S/C16H19N3O4S/c1-12(16(20)19-9-5-6-10-19)24(21,22)11-14-17-15(18-23-14)13-7-3-2-4-8-13/h2-4,7-8,12H,5-6,9-11H2,1H3. The predicted molar refractivity (Wildman–Crippen MR) is 87.6 cm³/mol. The SMILES string of the molecule is CC(C(=O)N1CCCC1)S(=O)(=O)Cc1nc(-c2ccccc2)no1. The quantitative estimate of drug-likeness (QED) is 0.815. The third kappa shape index (κ3) is 3.48. The average molecular weight is 349 g/mol. The van der Waals surface area contributed by atoms with E-state index in [1.807, 2.05) is 30.3 Å². The van der Waals surface area contributed by atoms with Gasteiger partial charge in [-0.25, -0.2) is 8.42 Å². The molecule has 1 saturated heterocycles. The van der Waals surface area contributed by atoms with Crippen molar-refractivity contribution in [3.05, 3.63) is 36.2 Å². The lowest BCUT2D eigenvalue weighted by Crippen LogP contribution is -2.40. The monoisotopic (exact) mass is 349 g/mol. The van der Waals surface area contributed by atoms with Crippen LogP contribution in [0.25, 0.3) is 11.4 Å². The molecule has 0 saturated carbocycles. The van der Waals surface area contributed by atoms with Gasteiger partial charge in [0, 0.05) is 18.7 Å². The summed E-state index contributed by atoms with van der Waals surface area (Å²) in [6, 6.07) is 9.14. The fraction of sp³-hybridized carbons (Fsp3) is 0.438. The minimum atomic E-state index is -3.71. The van der Waals surface area contributed by atoms with Gasteiger partial charge >= 0.3 is 0 Å². The lowest BCUT2D eigenvalue weighted by atomic mass is 10.2. The fourth-order valence-electron chi connectivity index (χ4n) is 2.66. The zero-order valence-electron chi connectivity index (χ0n) is 13.4. The molecule has 2 heterocycles. The van der Waals surface area contributed by atoms with Crippen molar-refractivity contribution in [3.8, 4) is 11.4 Å². The van der Waals surface area contributed by atoms with Gasteiger partial charge in [-0.3, -0.25) is 4.79 Å². The number of benzene rings is 1. The molecule has 1 fully saturated rings. The highest BCUT2D eigenvalue weighted by Gasteiger charge is 2.34. The van der Waals surface area contributed by atoms with Gasteiger partial charge in [0.2, 0.25) is 17.6 Å². The highest BCUT2D eigenvalue weighted by atomic mass is 32.2.